The Kier molecular flexibility index (Phi) is 13.1. The second-order valence-corrected chi connectivity index (χ2v) is 13.4. The van der Waals surface area contributed by atoms with Crippen molar-refractivity contribution in [2.24, 2.45) is 11.8 Å². The summed E-state index contributed by atoms with van der Waals surface area (Å²) in [4.78, 5) is 20.1. The van der Waals surface area contributed by atoms with Crippen molar-refractivity contribution in [1.82, 2.24) is 9.88 Å². The first-order valence-corrected chi connectivity index (χ1v) is 16.7. The van der Waals surface area contributed by atoms with Crippen LogP contribution in [0.2, 0.25) is 0 Å². The standard InChI is InChI=1S/C21H18F2N2.C19H25FN2O2/c22-19-12-17(13-20(23)14-19)5-3-4-16-8-10-25(11-9-16)21-7-2-1-6-18(21)15-24;1-14-6-5-7-16(21-14)8-9-17(20)15-10-12-22(13-11-15)18(23)24-19(2,3)4/h1-2,6-7,12-14,16H,4,8-11H2;5-7,15,17H,10-13H2,1-4H3. The highest BCUT2D eigenvalue weighted by Gasteiger charge is 2.30. The van der Waals surface area contributed by atoms with Gasteiger partial charge < -0.3 is 14.5 Å². The van der Waals surface area contributed by atoms with Gasteiger partial charge in [0.1, 0.15) is 29.0 Å². The molecule has 1 atom stereocenters. The maximum atomic E-state index is 14.3. The Morgan fingerprint density at radius 1 is 0.959 bits per heavy atom. The lowest BCUT2D eigenvalue weighted by molar-refractivity contribution is 0.0161. The van der Waals surface area contributed by atoms with Crippen LogP contribution in [0.25, 0.3) is 0 Å². The Morgan fingerprint density at radius 2 is 1.63 bits per heavy atom. The van der Waals surface area contributed by atoms with Crippen LogP contribution in [0.4, 0.5) is 23.7 Å². The van der Waals surface area contributed by atoms with Crippen LogP contribution in [0.3, 0.4) is 0 Å². The summed E-state index contributed by atoms with van der Waals surface area (Å²) in [5.74, 6) is 10.5. The molecule has 0 bridgehead atoms. The Morgan fingerprint density at radius 3 is 2.27 bits per heavy atom. The van der Waals surface area contributed by atoms with Crippen molar-refractivity contribution in [3.63, 3.8) is 0 Å². The third-order valence-electron chi connectivity index (χ3n) is 8.30. The van der Waals surface area contributed by atoms with Crippen LogP contribution >= 0.6 is 0 Å². The number of ether oxygens (including phenoxy) is 1. The summed E-state index contributed by atoms with van der Waals surface area (Å²) in [6.45, 7) is 10.2. The zero-order valence-corrected chi connectivity index (χ0v) is 28.6. The van der Waals surface area contributed by atoms with E-state index in [1.807, 2.05) is 64.1 Å². The second-order valence-electron chi connectivity index (χ2n) is 13.4. The molecule has 256 valence electrons. The quantitative estimate of drug-likeness (QED) is 0.263. The summed E-state index contributed by atoms with van der Waals surface area (Å²) >= 11 is 0. The van der Waals surface area contributed by atoms with E-state index in [0.29, 0.717) is 55.1 Å². The molecule has 49 heavy (non-hydrogen) atoms. The number of pyridine rings is 1. The Labute approximate surface area is 288 Å². The molecule has 0 N–H and O–H groups in total. The molecule has 0 aliphatic carbocycles. The van der Waals surface area contributed by atoms with Crippen LogP contribution in [-0.2, 0) is 4.74 Å². The zero-order chi connectivity index (χ0) is 35.4. The predicted molar refractivity (Wildman–Crippen MR) is 185 cm³/mol. The molecule has 6 nitrogen and oxygen atoms in total. The lowest BCUT2D eigenvalue weighted by atomic mass is 9.92. The van der Waals surface area contributed by atoms with E-state index >= 15 is 0 Å². The Balaban J connectivity index is 0.000000221. The molecule has 2 fully saturated rings. The number of hydrogen-bond donors (Lipinski definition) is 0. The van der Waals surface area contributed by atoms with Gasteiger partial charge in [-0.3, -0.25) is 0 Å². The van der Waals surface area contributed by atoms with Gasteiger partial charge in [-0.25, -0.2) is 22.9 Å². The molecular formula is C40H43F3N4O2. The van der Waals surface area contributed by atoms with Gasteiger partial charge in [0, 0.05) is 55.8 Å². The van der Waals surface area contributed by atoms with Gasteiger partial charge in [-0.1, -0.05) is 36.0 Å². The molecule has 5 rings (SSSR count). The summed E-state index contributed by atoms with van der Waals surface area (Å²) in [6, 6.07) is 18.7. The molecule has 1 unspecified atom stereocenters. The second kappa shape index (κ2) is 17.5. The van der Waals surface area contributed by atoms with Crippen LogP contribution < -0.4 is 4.90 Å². The fraction of sp³-hybridized carbons (Fsp3) is 0.425. The van der Waals surface area contributed by atoms with Gasteiger partial charge in [0.25, 0.3) is 0 Å². The fourth-order valence-electron chi connectivity index (χ4n) is 5.72. The summed E-state index contributed by atoms with van der Waals surface area (Å²) in [5, 5.41) is 9.22. The lowest BCUT2D eigenvalue weighted by Crippen LogP contribution is -2.43. The molecule has 3 heterocycles. The minimum Gasteiger partial charge on any atom is -0.444 e. The number of nitrogens with zero attached hydrogens (tertiary/aromatic N) is 4. The van der Waals surface area contributed by atoms with E-state index in [-0.39, 0.29) is 12.0 Å². The molecule has 1 amide bonds. The number of carbonyl (C=O) groups is 1. The van der Waals surface area contributed by atoms with Crippen LogP contribution in [0.5, 0.6) is 0 Å². The molecule has 3 aromatic rings. The summed E-state index contributed by atoms with van der Waals surface area (Å²) in [6.07, 6.45) is 2.36. The van der Waals surface area contributed by atoms with Crippen molar-refractivity contribution < 1.29 is 22.7 Å². The minimum absolute atomic E-state index is 0.152. The van der Waals surface area contributed by atoms with Crippen LogP contribution in [0.1, 0.15) is 75.4 Å². The molecule has 2 saturated heterocycles. The first-order valence-electron chi connectivity index (χ1n) is 16.7. The number of hydrogen-bond acceptors (Lipinski definition) is 5. The van der Waals surface area contributed by atoms with E-state index < -0.39 is 23.4 Å². The first kappa shape index (κ1) is 36.9. The lowest BCUT2D eigenvalue weighted by Gasteiger charge is -2.33. The maximum absolute atomic E-state index is 14.3. The number of aryl methyl sites for hydroxylation is 1. The van der Waals surface area contributed by atoms with Crippen molar-refractivity contribution in [2.45, 2.75) is 71.6 Å². The summed E-state index contributed by atoms with van der Waals surface area (Å²) in [7, 11) is 0. The van der Waals surface area contributed by atoms with E-state index in [2.05, 4.69) is 39.6 Å². The highest BCUT2D eigenvalue weighted by atomic mass is 19.1. The van der Waals surface area contributed by atoms with Gasteiger partial charge >= 0.3 is 6.09 Å². The molecular weight excluding hydrogens is 625 g/mol. The van der Waals surface area contributed by atoms with Gasteiger partial charge in [-0.05, 0) is 102 Å². The zero-order valence-electron chi connectivity index (χ0n) is 28.6. The number of aromatic nitrogens is 1. The van der Waals surface area contributed by atoms with E-state index in [0.717, 1.165) is 43.4 Å². The number of rotatable bonds is 3. The van der Waals surface area contributed by atoms with E-state index in [4.69, 9.17) is 4.74 Å². The maximum Gasteiger partial charge on any atom is 0.410 e. The van der Waals surface area contributed by atoms with Crippen molar-refractivity contribution in [1.29, 1.82) is 5.26 Å². The number of carbonyl (C=O) groups excluding carboxylic acids is 1. The SMILES string of the molecule is Cc1cccc(C#CC(F)C2CCN(C(=O)OC(C)(C)C)CC2)n1.N#Cc1ccccc1N1CCC(CC#Cc2cc(F)cc(F)c2)CC1. The van der Waals surface area contributed by atoms with Crippen LogP contribution in [0.15, 0.2) is 60.7 Å². The number of halogens is 3. The Hall–Kier alpha value is -4.94. The molecule has 1 aromatic heterocycles. The summed E-state index contributed by atoms with van der Waals surface area (Å²) in [5.41, 5.74) is 3.01. The number of anilines is 1. The number of piperidine rings is 2. The number of benzene rings is 2. The highest BCUT2D eigenvalue weighted by Crippen LogP contribution is 2.27. The molecule has 0 saturated carbocycles. The molecule has 0 spiro atoms. The van der Waals surface area contributed by atoms with Crippen molar-refractivity contribution in [3.05, 3.63) is 94.8 Å². The molecule has 2 aliphatic heterocycles. The molecule has 2 aliphatic rings. The van der Waals surface area contributed by atoms with Crippen molar-refractivity contribution in [2.75, 3.05) is 31.1 Å². The van der Waals surface area contributed by atoms with E-state index in [9.17, 15) is 23.2 Å². The minimum atomic E-state index is -1.20. The van der Waals surface area contributed by atoms with Gasteiger partial charge in [0.05, 0.1) is 11.3 Å². The number of amides is 1. The number of likely N-dealkylation sites (tertiary alicyclic amines) is 1. The highest BCUT2D eigenvalue weighted by molar-refractivity contribution is 5.68. The summed E-state index contributed by atoms with van der Waals surface area (Å²) < 4.78 is 46.0. The molecule has 0 radical (unpaired) electrons. The first-order chi connectivity index (χ1) is 23.4. The predicted octanol–water partition coefficient (Wildman–Crippen LogP) is 8.22. The fourth-order valence-corrected chi connectivity index (χ4v) is 5.72. The van der Waals surface area contributed by atoms with Crippen molar-refractivity contribution in [3.8, 4) is 29.8 Å². The average Bonchev–Trinajstić information content (AvgIpc) is 3.07. The number of para-hydroxylation sites is 1. The van der Waals surface area contributed by atoms with Gasteiger partial charge in [0.2, 0.25) is 0 Å². The average molecular weight is 669 g/mol. The monoisotopic (exact) mass is 668 g/mol. The van der Waals surface area contributed by atoms with Crippen LogP contribution in [0, 0.1) is 65.4 Å². The number of nitriles is 1. The van der Waals surface area contributed by atoms with E-state index in [1.54, 1.807) is 11.0 Å². The molecule has 9 heteroatoms. The third-order valence-corrected chi connectivity index (χ3v) is 8.30. The third kappa shape index (κ3) is 11.9. The van der Waals surface area contributed by atoms with E-state index in [1.165, 1.54) is 12.1 Å². The van der Waals surface area contributed by atoms with Gasteiger partial charge in [-0.15, -0.1) is 0 Å². The Bertz CT molecular complexity index is 1720. The van der Waals surface area contributed by atoms with Crippen LogP contribution in [-0.4, -0.2) is 53.9 Å². The smallest absolute Gasteiger partial charge is 0.410 e. The van der Waals surface area contributed by atoms with Crippen molar-refractivity contribution >= 4 is 11.8 Å². The molecule has 2 aromatic carbocycles. The largest absolute Gasteiger partial charge is 0.444 e. The van der Waals surface area contributed by atoms with Gasteiger partial charge in [0.15, 0.2) is 6.17 Å². The van der Waals surface area contributed by atoms with Gasteiger partial charge in [-0.2, -0.15) is 5.26 Å². The number of alkyl halides is 1. The topological polar surface area (TPSA) is 69.5 Å². The normalized spacial score (nSPS) is 15.7.